The van der Waals surface area contributed by atoms with Crippen LogP contribution in [0.2, 0.25) is 0 Å². The number of sulfonamides is 1. The lowest BCUT2D eigenvalue weighted by Crippen LogP contribution is -2.50. The maximum atomic E-state index is 13.2. The first kappa shape index (κ1) is 22.8. The van der Waals surface area contributed by atoms with Gasteiger partial charge >= 0.3 is 0 Å². The number of nitrogens with zero attached hydrogens (tertiary/aromatic N) is 2. The minimum Gasteiger partial charge on any atom is -0.490 e. The van der Waals surface area contributed by atoms with E-state index < -0.39 is 10.0 Å². The summed E-state index contributed by atoms with van der Waals surface area (Å²) >= 11 is 0. The lowest BCUT2D eigenvalue weighted by atomic mass is 10.2. The zero-order valence-electron chi connectivity index (χ0n) is 18.7. The quantitative estimate of drug-likeness (QED) is 0.675. The monoisotopic (exact) mass is 489 g/mol. The van der Waals surface area contributed by atoms with Gasteiger partial charge in [0, 0.05) is 50.4 Å². The van der Waals surface area contributed by atoms with Crippen molar-refractivity contribution >= 4 is 21.6 Å². The fourth-order valence-corrected chi connectivity index (χ4v) is 5.54. The summed E-state index contributed by atoms with van der Waals surface area (Å²) in [6, 6.07) is 10.0. The third-order valence-corrected chi connectivity index (χ3v) is 7.78. The maximum absolute atomic E-state index is 13.2. The van der Waals surface area contributed by atoms with Crippen molar-refractivity contribution in [1.82, 2.24) is 9.21 Å². The molecule has 3 aliphatic heterocycles. The third-order valence-electron chi connectivity index (χ3n) is 5.88. The van der Waals surface area contributed by atoms with Crippen molar-refractivity contribution < 1.29 is 32.2 Å². The summed E-state index contributed by atoms with van der Waals surface area (Å²) < 4.78 is 50.0. The van der Waals surface area contributed by atoms with Crippen LogP contribution in [0.25, 0.3) is 0 Å². The number of carbonyl (C=O) groups is 1. The summed E-state index contributed by atoms with van der Waals surface area (Å²) in [7, 11) is -3.67. The van der Waals surface area contributed by atoms with E-state index in [4.69, 9.17) is 18.9 Å². The van der Waals surface area contributed by atoms with Crippen LogP contribution in [0, 0.1) is 0 Å². The predicted molar refractivity (Wildman–Crippen MR) is 123 cm³/mol. The summed E-state index contributed by atoms with van der Waals surface area (Å²) in [4.78, 5) is 14.7. The molecule has 11 heteroatoms. The Balaban J connectivity index is 1.16. The molecule has 1 fully saturated rings. The van der Waals surface area contributed by atoms with E-state index >= 15 is 0 Å². The normalized spacial score (nSPS) is 18.7. The zero-order valence-corrected chi connectivity index (χ0v) is 19.5. The fraction of sp³-hybridized carbons (Fsp3) is 0.435. The first-order valence-corrected chi connectivity index (χ1v) is 12.7. The van der Waals surface area contributed by atoms with Gasteiger partial charge in [0.25, 0.3) is 0 Å². The third kappa shape index (κ3) is 4.91. The van der Waals surface area contributed by atoms with Crippen molar-refractivity contribution in [3.05, 3.63) is 36.4 Å². The number of amides is 1. The van der Waals surface area contributed by atoms with Crippen molar-refractivity contribution in [2.45, 2.75) is 11.3 Å². The first-order valence-electron chi connectivity index (χ1n) is 11.3. The van der Waals surface area contributed by atoms with E-state index in [0.29, 0.717) is 81.3 Å². The van der Waals surface area contributed by atoms with Gasteiger partial charge in [-0.3, -0.25) is 9.69 Å². The van der Waals surface area contributed by atoms with Crippen molar-refractivity contribution in [3.63, 3.8) is 0 Å². The number of rotatable bonds is 5. The average Bonchev–Trinajstić information content (AvgIpc) is 3.09. The summed E-state index contributed by atoms with van der Waals surface area (Å²) in [6.07, 6.45) is 0.751. The molecule has 0 spiro atoms. The van der Waals surface area contributed by atoms with Crippen LogP contribution >= 0.6 is 0 Å². The van der Waals surface area contributed by atoms with Gasteiger partial charge in [0.15, 0.2) is 23.0 Å². The molecule has 0 radical (unpaired) electrons. The Labute approximate surface area is 198 Å². The number of benzene rings is 2. The molecule has 0 aromatic heterocycles. The Morgan fingerprint density at radius 3 is 2.18 bits per heavy atom. The Bertz CT molecular complexity index is 1160. The largest absolute Gasteiger partial charge is 0.490 e. The van der Waals surface area contributed by atoms with Crippen LogP contribution in [0.15, 0.2) is 41.3 Å². The van der Waals surface area contributed by atoms with Gasteiger partial charge in [0.05, 0.1) is 24.7 Å². The highest BCUT2D eigenvalue weighted by Crippen LogP contribution is 2.34. The number of carbonyl (C=O) groups excluding carboxylic acids is 1. The number of hydrogen-bond donors (Lipinski definition) is 1. The summed E-state index contributed by atoms with van der Waals surface area (Å²) in [6.45, 7) is 3.71. The van der Waals surface area contributed by atoms with Gasteiger partial charge in [0.1, 0.15) is 13.2 Å². The highest BCUT2D eigenvalue weighted by molar-refractivity contribution is 7.89. The number of fused-ring (bicyclic) bond motifs is 2. The molecular weight excluding hydrogens is 462 g/mol. The molecule has 3 heterocycles. The number of anilines is 1. The molecule has 0 atom stereocenters. The minimum absolute atomic E-state index is 0.170. The molecule has 2 aromatic rings. The summed E-state index contributed by atoms with van der Waals surface area (Å²) in [5.41, 5.74) is 0.630. The van der Waals surface area contributed by atoms with Crippen LogP contribution in [0.5, 0.6) is 23.0 Å². The Morgan fingerprint density at radius 1 is 0.794 bits per heavy atom. The molecule has 2 aromatic carbocycles. The van der Waals surface area contributed by atoms with Crippen molar-refractivity contribution in [3.8, 4) is 23.0 Å². The topological polar surface area (TPSA) is 107 Å². The second-order valence-corrected chi connectivity index (χ2v) is 10.2. The van der Waals surface area contributed by atoms with E-state index in [1.807, 2.05) is 4.90 Å². The zero-order chi connectivity index (χ0) is 23.5. The van der Waals surface area contributed by atoms with E-state index in [-0.39, 0.29) is 17.3 Å². The number of hydrogen-bond acceptors (Lipinski definition) is 8. The average molecular weight is 490 g/mol. The number of nitrogens with one attached hydrogen (secondary N) is 1. The van der Waals surface area contributed by atoms with E-state index in [1.165, 1.54) is 10.4 Å². The Hall–Kier alpha value is -3.02. The second kappa shape index (κ2) is 9.69. The van der Waals surface area contributed by atoms with Crippen LogP contribution < -0.4 is 24.3 Å². The standard InChI is InChI=1S/C23H27N3O7S/c27-23(24-17-2-4-19-21(14-17)33-13-12-32-19)16-25-6-8-26(9-7-25)34(28,29)18-3-5-20-22(15-18)31-11-1-10-30-20/h2-5,14-15H,1,6-13,16H2,(H,24,27). The lowest BCUT2D eigenvalue weighted by Gasteiger charge is -2.33. The summed E-state index contributed by atoms with van der Waals surface area (Å²) in [5, 5.41) is 2.87. The second-order valence-electron chi connectivity index (χ2n) is 8.25. The van der Waals surface area contributed by atoms with Gasteiger partial charge in [-0.25, -0.2) is 8.42 Å². The van der Waals surface area contributed by atoms with Crippen molar-refractivity contribution in [1.29, 1.82) is 0 Å². The van der Waals surface area contributed by atoms with E-state index in [2.05, 4.69) is 5.32 Å². The molecule has 1 amide bonds. The van der Waals surface area contributed by atoms with Gasteiger partial charge in [-0.15, -0.1) is 0 Å². The van der Waals surface area contributed by atoms with Gasteiger partial charge in [0.2, 0.25) is 15.9 Å². The predicted octanol–water partition coefficient (Wildman–Crippen LogP) is 1.56. The van der Waals surface area contributed by atoms with Crippen LogP contribution in [-0.2, 0) is 14.8 Å². The molecule has 1 saturated heterocycles. The molecule has 1 N–H and O–H groups in total. The lowest BCUT2D eigenvalue weighted by molar-refractivity contribution is -0.117. The molecule has 182 valence electrons. The fourth-order valence-electron chi connectivity index (χ4n) is 4.11. The molecule has 34 heavy (non-hydrogen) atoms. The Morgan fingerprint density at radius 2 is 1.41 bits per heavy atom. The first-order chi connectivity index (χ1) is 16.5. The molecular formula is C23H27N3O7S. The highest BCUT2D eigenvalue weighted by atomic mass is 32.2. The molecule has 5 rings (SSSR count). The van der Waals surface area contributed by atoms with Gasteiger partial charge in [-0.05, 0) is 24.3 Å². The number of piperazine rings is 1. The maximum Gasteiger partial charge on any atom is 0.243 e. The smallest absolute Gasteiger partial charge is 0.243 e. The van der Waals surface area contributed by atoms with Crippen LogP contribution in [-0.4, -0.2) is 82.7 Å². The van der Waals surface area contributed by atoms with Gasteiger partial charge in [-0.2, -0.15) is 4.31 Å². The van der Waals surface area contributed by atoms with Gasteiger partial charge < -0.3 is 24.3 Å². The molecule has 10 nitrogen and oxygen atoms in total. The molecule has 0 saturated carbocycles. The van der Waals surface area contributed by atoms with Crippen LogP contribution in [0.4, 0.5) is 5.69 Å². The number of ether oxygens (including phenoxy) is 4. The molecule has 0 bridgehead atoms. The molecule has 3 aliphatic rings. The molecule has 0 unspecified atom stereocenters. The Kier molecular flexibility index (Phi) is 6.48. The molecule has 0 aliphatic carbocycles. The highest BCUT2D eigenvalue weighted by Gasteiger charge is 2.30. The van der Waals surface area contributed by atoms with E-state index in [9.17, 15) is 13.2 Å². The van der Waals surface area contributed by atoms with Crippen molar-refractivity contribution in [2.24, 2.45) is 0 Å². The van der Waals surface area contributed by atoms with Crippen LogP contribution in [0.1, 0.15) is 6.42 Å². The van der Waals surface area contributed by atoms with Gasteiger partial charge in [-0.1, -0.05) is 0 Å². The summed E-state index contributed by atoms with van der Waals surface area (Å²) in [5.74, 6) is 2.11. The van der Waals surface area contributed by atoms with E-state index in [1.54, 1.807) is 30.3 Å². The SMILES string of the molecule is O=C(CN1CCN(S(=O)(=O)c2ccc3c(c2)OCCCO3)CC1)Nc1ccc2c(c1)OCCO2. The van der Waals surface area contributed by atoms with Crippen molar-refractivity contribution in [2.75, 3.05) is 64.5 Å². The minimum atomic E-state index is -3.67. The van der Waals surface area contributed by atoms with E-state index in [0.717, 1.165) is 6.42 Å². The van der Waals surface area contributed by atoms with Crippen LogP contribution in [0.3, 0.4) is 0 Å².